The quantitative estimate of drug-likeness (QED) is 0.757. The zero-order valence-corrected chi connectivity index (χ0v) is 13.5. The zero-order valence-electron chi connectivity index (χ0n) is 13.5. The first-order valence-corrected chi connectivity index (χ1v) is 8.88. The second kappa shape index (κ2) is 6.59. The van der Waals surface area contributed by atoms with E-state index in [1.165, 1.54) is 5.56 Å². The van der Waals surface area contributed by atoms with E-state index in [1.54, 1.807) is 0 Å². The van der Waals surface area contributed by atoms with Gasteiger partial charge in [0.1, 0.15) is 6.04 Å². The Labute approximate surface area is 137 Å². The van der Waals surface area contributed by atoms with Crippen LogP contribution < -0.4 is 16.2 Å². The Bertz CT molecular complexity index is 541. The molecule has 124 valence electrons. The molecule has 23 heavy (non-hydrogen) atoms. The first-order chi connectivity index (χ1) is 11.3. The molecular weight excluding hydrogens is 288 g/mol. The summed E-state index contributed by atoms with van der Waals surface area (Å²) in [5.74, 6) is 1.25. The average Bonchev–Trinajstić information content (AvgIpc) is 3.06. The minimum absolute atomic E-state index is 0.0684. The number of carbonyl (C=O) groups excluding carboxylic acids is 1. The third kappa shape index (κ3) is 3.01. The molecular formula is C18H26N4O. The number of nitrogens with zero attached hydrogens (tertiary/aromatic N) is 1. The van der Waals surface area contributed by atoms with E-state index >= 15 is 0 Å². The van der Waals surface area contributed by atoms with Crippen LogP contribution in [-0.4, -0.2) is 49.1 Å². The number of hydrogen-bond donors (Lipinski definition) is 3. The molecule has 0 aliphatic carbocycles. The van der Waals surface area contributed by atoms with Crippen LogP contribution in [0.15, 0.2) is 30.3 Å². The highest BCUT2D eigenvalue weighted by atomic mass is 16.2. The van der Waals surface area contributed by atoms with Crippen molar-refractivity contribution >= 4 is 5.91 Å². The maximum Gasteiger partial charge on any atom is 0.241 e. The zero-order chi connectivity index (χ0) is 15.6. The van der Waals surface area contributed by atoms with E-state index in [1.807, 2.05) is 0 Å². The summed E-state index contributed by atoms with van der Waals surface area (Å²) in [6, 6.07) is 11.1. The van der Waals surface area contributed by atoms with Gasteiger partial charge < -0.3 is 10.2 Å². The van der Waals surface area contributed by atoms with Gasteiger partial charge in [-0.2, -0.15) is 0 Å². The van der Waals surface area contributed by atoms with Gasteiger partial charge in [0.05, 0.1) is 0 Å². The third-order valence-corrected chi connectivity index (χ3v) is 5.73. The van der Waals surface area contributed by atoms with Gasteiger partial charge in [-0.1, -0.05) is 30.3 Å². The highest BCUT2D eigenvalue weighted by Gasteiger charge is 2.43. The van der Waals surface area contributed by atoms with Crippen LogP contribution in [0.25, 0.3) is 0 Å². The van der Waals surface area contributed by atoms with Crippen molar-refractivity contribution in [3.63, 3.8) is 0 Å². The summed E-state index contributed by atoms with van der Waals surface area (Å²) in [5, 5.41) is 3.42. The molecule has 3 aliphatic rings. The summed E-state index contributed by atoms with van der Waals surface area (Å²) >= 11 is 0. The standard InChI is InChI=1S/C18H26N4O/c23-18(17-15-12-19-9-6-16(15)20-21-17)22-10-7-14(8-11-22)13-4-2-1-3-5-13/h1-5,14-17,19-21H,6-12H2. The maximum absolute atomic E-state index is 12.9. The van der Waals surface area contributed by atoms with Gasteiger partial charge in [-0.05, 0) is 37.3 Å². The average molecular weight is 314 g/mol. The number of likely N-dealkylation sites (tertiary alicyclic amines) is 1. The molecule has 3 heterocycles. The Morgan fingerprint density at radius 3 is 2.61 bits per heavy atom. The molecule has 3 aliphatic heterocycles. The minimum Gasteiger partial charge on any atom is -0.341 e. The fourth-order valence-corrected chi connectivity index (χ4v) is 4.32. The first-order valence-electron chi connectivity index (χ1n) is 8.88. The number of rotatable bonds is 2. The molecule has 0 saturated carbocycles. The fourth-order valence-electron chi connectivity index (χ4n) is 4.32. The molecule has 4 rings (SSSR count). The van der Waals surface area contributed by atoms with Crippen molar-refractivity contribution in [2.45, 2.75) is 37.3 Å². The van der Waals surface area contributed by atoms with Crippen LogP contribution in [0, 0.1) is 5.92 Å². The van der Waals surface area contributed by atoms with Crippen LogP contribution in [0.3, 0.4) is 0 Å². The van der Waals surface area contributed by atoms with Gasteiger partial charge in [-0.25, -0.2) is 5.43 Å². The largest absolute Gasteiger partial charge is 0.341 e. The molecule has 0 aromatic heterocycles. The predicted molar refractivity (Wildman–Crippen MR) is 89.8 cm³/mol. The summed E-state index contributed by atoms with van der Waals surface area (Å²) < 4.78 is 0. The molecule has 3 unspecified atom stereocenters. The van der Waals surface area contributed by atoms with Crippen LogP contribution in [0.4, 0.5) is 0 Å². The highest BCUT2D eigenvalue weighted by Crippen LogP contribution is 2.29. The Morgan fingerprint density at radius 2 is 1.83 bits per heavy atom. The van der Waals surface area contributed by atoms with Crippen molar-refractivity contribution in [3.05, 3.63) is 35.9 Å². The lowest BCUT2D eigenvalue weighted by Gasteiger charge is -2.35. The molecule has 5 nitrogen and oxygen atoms in total. The minimum atomic E-state index is -0.0684. The number of nitrogens with one attached hydrogen (secondary N) is 3. The summed E-state index contributed by atoms with van der Waals surface area (Å²) in [6.45, 7) is 3.73. The molecule has 1 amide bonds. The Morgan fingerprint density at radius 1 is 1.04 bits per heavy atom. The van der Waals surface area contributed by atoms with Gasteiger partial charge in [0, 0.05) is 31.6 Å². The lowest BCUT2D eigenvalue weighted by Crippen LogP contribution is -2.52. The topological polar surface area (TPSA) is 56.4 Å². The van der Waals surface area contributed by atoms with E-state index in [0.29, 0.717) is 17.9 Å². The molecule has 1 aromatic rings. The number of amides is 1. The second-order valence-electron chi connectivity index (χ2n) is 7.04. The molecule has 0 spiro atoms. The van der Waals surface area contributed by atoms with Crippen LogP contribution in [0.2, 0.25) is 0 Å². The second-order valence-corrected chi connectivity index (χ2v) is 7.04. The lowest BCUT2D eigenvalue weighted by atomic mass is 9.87. The van der Waals surface area contributed by atoms with E-state index in [-0.39, 0.29) is 11.9 Å². The number of fused-ring (bicyclic) bond motifs is 1. The lowest BCUT2D eigenvalue weighted by molar-refractivity contribution is -0.135. The van der Waals surface area contributed by atoms with Gasteiger partial charge in [0.2, 0.25) is 5.91 Å². The van der Waals surface area contributed by atoms with Gasteiger partial charge in [-0.15, -0.1) is 0 Å². The Hall–Kier alpha value is -1.43. The Balaban J connectivity index is 1.36. The van der Waals surface area contributed by atoms with Gasteiger partial charge in [-0.3, -0.25) is 10.2 Å². The number of hydrazine groups is 1. The Kier molecular flexibility index (Phi) is 4.33. The third-order valence-electron chi connectivity index (χ3n) is 5.73. The van der Waals surface area contributed by atoms with E-state index in [4.69, 9.17) is 0 Å². The molecule has 3 N–H and O–H groups in total. The molecule has 0 bridgehead atoms. The van der Waals surface area contributed by atoms with E-state index in [2.05, 4.69) is 51.4 Å². The molecule has 3 fully saturated rings. The summed E-state index contributed by atoms with van der Waals surface area (Å²) in [4.78, 5) is 15.0. The monoisotopic (exact) mass is 314 g/mol. The van der Waals surface area contributed by atoms with E-state index in [0.717, 1.165) is 45.4 Å². The van der Waals surface area contributed by atoms with Crippen molar-refractivity contribution in [3.8, 4) is 0 Å². The maximum atomic E-state index is 12.9. The number of carbonyl (C=O) groups is 1. The molecule has 0 radical (unpaired) electrons. The molecule has 5 heteroatoms. The summed E-state index contributed by atoms with van der Waals surface area (Å²) in [5.41, 5.74) is 8.00. The van der Waals surface area contributed by atoms with Gasteiger partial charge in [0.25, 0.3) is 0 Å². The van der Waals surface area contributed by atoms with Crippen molar-refractivity contribution in [2.24, 2.45) is 5.92 Å². The first kappa shape index (κ1) is 15.1. The number of hydrogen-bond acceptors (Lipinski definition) is 4. The van der Waals surface area contributed by atoms with Gasteiger partial charge in [0.15, 0.2) is 0 Å². The fraction of sp³-hybridized carbons (Fsp3) is 0.611. The van der Waals surface area contributed by atoms with Crippen LogP contribution >= 0.6 is 0 Å². The van der Waals surface area contributed by atoms with Crippen molar-refractivity contribution in [1.29, 1.82) is 0 Å². The van der Waals surface area contributed by atoms with Crippen LogP contribution in [0.1, 0.15) is 30.7 Å². The number of benzene rings is 1. The normalized spacial score (nSPS) is 31.8. The highest BCUT2D eigenvalue weighted by molar-refractivity contribution is 5.82. The van der Waals surface area contributed by atoms with Crippen molar-refractivity contribution in [2.75, 3.05) is 26.2 Å². The van der Waals surface area contributed by atoms with Crippen molar-refractivity contribution < 1.29 is 4.79 Å². The number of piperidine rings is 2. The van der Waals surface area contributed by atoms with E-state index in [9.17, 15) is 4.79 Å². The van der Waals surface area contributed by atoms with Gasteiger partial charge >= 0.3 is 0 Å². The molecule has 3 atom stereocenters. The summed E-state index contributed by atoms with van der Waals surface area (Å²) in [6.07, 6.45) is 3.24. The summed E-state index contributed by atoms with van der Waals surface area (Å²) in [7, 11) is 0. The van der Waals surface area contributed by atoms with E-state index < -0.39 is 0 Å². The van der Waals surface area contributed by atoms with Crippen LogP contribution in [0.5, 0.6) is 0 Å². The van der Waals surface area contributed by atoms with Crippen molar-refractivity contribution in [1.82, 2.24) is 21.1 Å². The predicted octanol–water partition coefficient (Wildman–Crippen LogP) is 0.847. The smallest absolute Gasteiger partial charge is 0.241 e. The molecule has 3 saturated heterocycles. The van der Waals surface area contributed by atoms with Crippen LogP contribution in [-0.2, 0) is 4.79 Å². The SMILES string of the molecule is O=C(C1NNC2CCNCC21)N1CCC(c2ccccc2)CC1. The molecule has 1 aromatic carbocycles.